The van der Waals surface area contributed by atoms with Crippen LogP contribution in [0.15, 0.2) is 49.6 Å². The molecule has 1 heterocycles. The number of carbonyl (C=O) groups excluding carboxylic acids is 4. The van der Waals surface area contributed by atoms with Gasteiger partial charge in [0.2, 0.25) is 0 Å². The minimum absolute atomic E-state index is 0.00681. The lowest BCUT2D eigenvalue weighted by Crippen LogP contribution is -2.52. The SMILES string of the molecule is C=CCOC(=O)c1cccc(N(C(=O)C2CC(OC(C)=S)CN2C(=O)OCC=C)C(=O)N(C)C)c1. The van der Waals surface area contributed by atoms with Crippen LogP contribution < -0.4 is 4.90 Å². The molecule has 0 N–H and O–H groups in total. The maximum atomic E-state index is 13.8. The summed E-state index contributed by atoms with van der Waals surface area (Å²) in [5.74, 6) is -1.33. The Balaban J connectivity index is 2.45. The fraction of sp³-hybridized carbons (Fsp3) is 0.375. The lowest BCUT2D eigenvalue weighted by atomic mass is 10.1. The van der Waals surface area contributed by atoms with Crippen molar-refractivity contribution in [3.63, 3.8) is 0 Å². The molecule has 11 heteroatoms. The molecule has 188 valence electrons. The first-order valence-corrected chi connectivity index (χ1v) is 11.2. The molecule has 2 rings (SSSR count). The monoisotopic (exact) mass is 503 g/mol. The average molecular weight is 504 g/mol. The average Bonchev–Trinajstić information content (AvgIpc) is 3.24. The van der Waals surface area contributed by atoms with Crippen LogP contribution in [0, 0.1) is 0 Å². The molecule has 0 aromatic heterocycles. The number of carbonyl (C=O) groups is 4. The predicted octanol–water partition coefficient (Wildman–Crippen LogP) is 3.17. The van der Waals surface area contributed by atoms with Crippen LogP contribution in [0.3, 0.4) is 0 Å². The van der Waals surface area contributed by atoms with Crippen molar-refractivity contribution in [3.8, 4) is 0 Å². The summed E-state index contributed by atoms with van der Waals surface area (Å²) in [6.07, 6.45) is 1.60. The van der Waals surface area contributed by atoms with Crippen molar-refractivity contribution in [2.24, 2.45) is 0 Å². The zero-order chi connectivity index (χ0) is 26.1. The Labute approximate surface area is 209 Å². The molecule has 2 atom stereocenters. The number of nitrogens with zero attached hydrogens (tertiary/aromatic N) is 3. The van der Waals surface area contributed by atoms with Gasteiger partial charge in [-0.3, -0.25) is 9.69 Å². The van der Waals surface area contributed by atoms with Crippen molar-refractivity contribution >= 4 is 47.0 Å². The van der Waals surface area contributed by atoms with Crippen LogP contribution in [0.4, 0.5) is 15.3 Å². The largest absolute Gasteiger partial charge is 0.482 e. The number of hydrogen-bond acceptors (Lipinski definition) is 8. The summed E-state index contributed by atoms with van der Waals surface area (Å²) in [5.41, 5.74) is 0.275. The molecule has 1 aliphatic rings. The number of anilines is 1. The highest BCUT2D eigenvalue weighted by Crippen LogP contribution is 2.27. The second-order valence-electron chi connectivity index (χ2n) is 7.79. The summed E-state index contributed by atoms with van der Waals surface area (Å²) in [4.78, 5) is 55.2. The Morgan fingerprint density at radius 2 is 1.80 bits per heavy atom. The zero-order valence-corrected chi connectivity index (χ0v) is 20.8. The molecule has 1 aromatic rings. The van der Waals surface area contributed by atoms with Crippen molar-refractivity contribution < 1.29 is 33.4 Å². The highest BCUT2D eigenvalue weighted by molar-refractivity contribution is 7.80. The number of hydrogen-bond donors (Lipinski definition) is 0. The minimum atomic E-state index is -1.08. The molecule has 2 unspecified atom stereocenters. The highest BCUT2D eigenvalue weighted by atomic mass is 32.1. The molecule has 1 fully saturated rings. The number of thiocarbonyl (C=S) groups is 1. The molecule has 1 saturated heterocycles. The number of benzene rings is 1. The standard InChI is InChI=1S/C24H29N3O7S/c1-6-11-32-22(29)17-9-8-10-18(13-17)27(23(30)25(4)5)21(28)20-14-19(34-16(3)35)15-26(20)24(31)33-12-7-2/h6-10,13,19-20H,1-2,11-12,14-15H2,3-5H3. The molecular formula is C24H29N3O7S. The normalized spacial score (nSPS) is 16.6. The van der Waals surface area contributed by atoms with Gasteiger partial charge >= 0.3 is 18.1 Å². The summed E-state index contributed by atoms with van der Waals surface area (Å²) in [6, 6.07) is 4.16. The van der Waals surface area contributed by atoms with Crippen LogP contribution >= 0.6 is 12.2 Å². The van der Waals surface area contributed by atoms with Gasteiger partial charge in [-0.15, -0.1) is 0 Å². The maximum Gasteiger partial charge on any atom is 0.410 e. The van der Waals surface area contributed by atoms with Gasteiger partial charge in [0.15, 0.2) is 5.05 Å². The van der Waals surface area contributed by atoms with Crippen molar-refractivity contribution in [3.05, 3.63) is 55.1 Å². The lowest BCUT2D eigenvalue weighted by Gasteiger charge is -2.30. The zero-order valence-electron chi connectivity index (χ0n) is 20.0. The van der Waals surface area contributed by atoms with E-state index in [1.54, 1.807) is 6.92 Å². The third-order valence-electron chi connectivity index (χ3n) is 4.91. The van der Waals surface area contributed by atoms with Crippen LogP contribution in [0.25, 0.3) is 0 Å². The van der Waals surface area contributed by atoms with Gasteiger partial charge in [0.25, 0.3) is 5.91 Å². The fourth-order valence-electron chi connectivity index (χ4n) is 3.44. The number of esters is 1. The van der Waals surface area contributed by atoms with Crippen molar-refractivity contribution in [1.29, 1.82) is 0 Å². The minimum Gasteiger partial charge on any atom is -0.482 e. The van der Waals surface area contributed by atoms with E-state index >= 15 is 0 Å². The van der Waals surface area contributed by atoms with Gasteiger partial charge < -0.3 is 19.1 Å². The van der Waals surface area contributed by atoms with Crippen LogP contribution in [-0.2, 0) is 19.0 Å². The van der Waals surface area contributed by atoms with Crippen LogP contribution in [0.5, 0.6) is 0 Å². The van der Waals surface area contributed by atoms with E-state index in [0.29, 0.717) is 0 Å². The summed E-state index contributed by atoms with van der Waals surface area (Å²) in [5, 5.41) is 0.259. The Hall–Kier alpha value is -3.73. The molecule has 0 spiro atoms. The lowest BCUT2D eigenvalue weighted by molar-refractivity contribution is -0.121. The van der Waals surface area contributed by atoms with Gasteiger partial charge in [0.05, 0.1) is 17.8 Å². The number of ether oxygens (including phenoxy) is 3. The predicted molar refractivity (Wildman–Crippen MR) is 133 cm³/mol. The molecule has 10 nitrogen and oxygen atoms in total. The molecule has 0 bridgehead atoms. The van der Waals surface area contributed by atoms with Crippen molar-refractivity contribution in [2.75, 3.05) is 38.8 Å². The van der Waals surface area contributed by atoms with E-state index in [1.807, 2.05) is 0 Å². The van der Waals surface area contributed by atoms with Gasteiger partial charge in [0, 0.05) is 27.4 Å². The molecule has 0 radical (unpaired) electrons. The summed E-state index contributed by atoms with van der Waals surface area (Å²) < 4.78 is 15.8. The van der Waals surface area contributed by atoms with Gasteiger partial charge in [0.1, 0.15) is 25.4 Å². The summed E-state index contributed by atoms with van der Waals surface area (Å²) in [7, 11) is 2.97. The van der Waals surface area contributed by atoms with Crippen molar-refractivity contribution in [1.82, 2.24) is 9.80 Å². The number of likely N-dealkylation sites (tertiary alicyclic amines) is 1. The fourth-order valence-corrected chi connectivity index (χ4v) is 3.57. The van der Waals surface area contributed by atoms with Crippen LogP contribution in [-0.4, -0.2) is 84.9 Å². The Bertz CT molecular complexity index is 1010. The Morgan fingerprint density at radius 3 is 2.40 bits per heavy atom. The third kappa shape index (κ3) is 7.12. The Kier molecular flexibility index (Phi) is 9.95. The van der Waals surface area contributed by atoms with E-state index in [1.165, 1.54) is 60.3 Å². The molecule has 1 aromatic carbocycles. The van der Waals surface area contributed by atoms with Gasteiger partial charge in [-0.1, -0.05) is 31.4 Å². The second kappa shape index (κ2) is 12.7. The smallest absolute Gasteiger partial charge is 0.410 e. The maximum absolute atomic E-state index is 13.8. The molecular weight excluding hydrogens is 474 g/mol. The summed E-state index contributed by atoms with van der Waals surface area (Å²) >= 11 is 5.01. The molecule has 35 heavy (non-hydrogen) atoms. The van der Waals surface area contributed by atoms with E-state index in [-0.39, 0.29) is 42.5 Å². The first-order chi connectivity index (χ1) is 16.6. The third-order valence-corrected chi connectivity index (χ3v) is 5.00. The number of amides is 4. The highest BCUT2D eigenvalue weighted by Gasteiger charge is 2.45. The summed E-state index contributed by atoms with van der Waals surface area (Å²) in [6.45, 7) is 8.59. The molecule has 0 saturated carbocycles. The topological polar surface area (TPSA) is 106 Å². The van der Waals surface area contributed by atoms with Gasteiger partial charge in [-0.25, -0.2) is 19.3 Å². The van der Waals surface area contributed by atoms with E-state index in [0.717, 1.165) is 4.90 Å². The van der Waals surface area contributed by atoms with Crippen molar-refractivity contribution in [2.45, 2.75) is 25.5 Å². The van der Waals surface area contributed by atoms with E-state index in [4.69, 9.17) is 26.4 Å². The van der Waals surface area contributed by atoms with Gasteiger partial charge in [-0.2, -0.15) is 0 Å². The number of imide groups is 1. The second-order valence-corrected chi connectivity index (χ2v) is 8.36. The molecule has 4 amide bonds. The van der Waals surface area contributed by atoms with E-state index in [2.05, 4.69) is 13.2 Å². The first kappa shape index (κ1) is 27.5. The van der Waals surface area contributed by atoms with E-state index in [9.17, 15) is 19.2 Å². The van der Waals surface area contributed by atoms with Crippen LogP contribution in [0.2, 0.25) is 0 Å². The van der Waals surface area contributed by atoms with Gasteiger partial charge in [-0.05, 0) is 30.4 Å². The quantitative estimate of drug-likeness (QED) is 0.303. The van der Waals surface area contributed by atoms with Crippen LogP contribution in [0.1, 0.15) is 23.7 Å². The first-order valence-electron chi connectivity index (χ1n) is 10.8. The number of urea groups is 1. The van der Waals surface area contributed by atoms with E-state index < -0.39 is 36.1 Å². The molecule has 0 aliphatic carbocycles. The molecule has 1 aliphatic heterocycles. The number of rotatable bonds is 8. The Morgan fingerprint density at radius 1 is 1.14 bits per heavy atom.